The number of aryl methyl sites for hydroxylation is 2. The van der Waals surface area contributed by atoms with E-state index in [-0.39, 0.29) is 11.9 Å². The molecule has 3 aliphatic rings. The van der Waals surface area contributed by atoms with Crippen LogP contribution in [0.1, 0.15) is 37.3 Å². The lowest BCUT2D eigenvalue weighted by molar-refractivity contribution is -0.120. The van der Waals surface area contributed by atoms with Crippen molar-refractivity contribution in [2.75, 3.05) is 67.1 Å². The third-order valence-corrected chi connectivity index (χ3v) is 10.9. The summed E-state index contributed by atoms with van der Waals surface area (Å²) in [5, 5.41) is 3.40. The third kappa shape index (κ3) is 6.90. The molecule has 2 aromatic carbocycles. The Morgan fingerprint density at radius 2 is 1.53 bits per heavy atom. The lowest BCUT2D eigenvalue weighted by Gasteiger charge is -2.40. The van der Waals surface area contributed by atoms with Gasteiger partial charge in [-0.2, -0.15) is 0 Å². The van der Waals surface area contributed by atoms with E-state index in [1.165, 1.54) is 29.7 Å². The van der Waals surface area contributed by atoms with Crippen LogP contribution in [0.3, 0.4) is 0 Å². The number of H-pyrrole nitrogens is 1. The fourth-order valence-electron chi connectivity index (χ4n) is 7.86. The number of aromatic nitrogens is 4. The van der Waals surface area contributed by atoms with Gasteiger partial charge in [0, 0.05) is 81.1 Å². The van der Waals surface area contributed by atoms with Crippen LogP contribution in [0, 0.1) is 12.8 Å². The molecule has 0 spiro atoms. The largest absolute Gasteiger partial charge is 0.372 e. The molecule has 3 aliphatic heterocycles. The molecule has 0 atom stereocenters. The van der Waals surface area contributed by atoms with Crippen LogP contribution in [0.5, 0.6) is 0 Å². The van der Waals surface area contributed by atoms with Crippen LogP contribution in [-0.4, -0.2) is 89.1 Å². The van der Waals surface area contributed by atoms with Crippen molar-refractivity contribution in [3.05, 3.63) is 84.3 Å². The highest BCUT2D eigenvalue weighted by atomic mass is 16.2. The quantitative estimate of drug-likeness (QED) is 0.204. The Labute approximate surface area is 298 Å². The Kier molecular flexibility index (Phi) is 9.12. The first-order valence-electron chi connectivity index (χ1n) is 18.3. The first-order chi connectivity index (χ1) is 24.9. The number of piperazine rings is 1. The number of piperidine rings is 1. The van der Waals surface area contributed by atoms with Gasteiger partial charge in [0.1, 0.15) is 12.0 Å². The molecule has 0 saturated carbocycles. The molecule has 3 amide bonds. The summed E-state index contributed by atoms with van der Waals surface area (Å²) >= 11 is 0. The molecule has 11 nitrogen and oxygen atoms in total. The fourth-order valence-corrected chi connectivity index (χ4v) is 7.86. The maximum atomic E-state index is 12.2. The molecule has 3 fully saturated rings. The van der Waals surface area contributed by atoms with Gasteiger partial charge in [-0.3, -0.25) is 24.9 Å². The minimum atomic E-state index is -0.342. The second-order valence-electron chi connectivity index (χ2n) is 14.1. The van der Waals surface area contributed by atoms with Crippen LogP contribution in [0.2, 0.25) is 0 Å². The zero-order chi connectivity index (χ0) is 34.9. The van der Waals surface area contributed by atoms with Crippen molar-refractivity contribution < 1.29 is 9.59 Å². The fraction of sp³-hybridized carbons (Fsp3) is 0.375. The zero-order valence-corrected chi connectivity index (χ0v) is 29.4. The Morgan fingerprint density at radius 1 is 0.784 bits per heavy atom. The molecular weight excluding hydrogens is 639 g/mol. The highest BCUT2D eigenvalue weighted by Gasteiger charge is 2.26. The number of fused-ring (bicyclic) bond motifs is 1. The topological polar surface area (TPSA) is 114 Å². The lowest BCUT2D eigenvalue weighted by atomic mass is 9.95. The number of hydrogen-bond acceptors (Lipinski definition) is 8. The van der Waals surface area contributed by atoms with Crippen molar-refractivity contribution in [3.8, 4) is 22.6 Å². The van der Waals surface area contributed by atoms with Gasteiger partial charge in [0.05, 0.1) is 29.0 Å². The first-order valence-corrected chi connectivity index (χ1v) is 18.3. The highest BCUT2D eigenvalue weighted by Crippen LogP contribution is 2.32. The van der Waals surface area contributed by atoms with Crippen molar-refractivity contribution in [2.24, 2.45) is 5.92 Å². The minimum Gasteiger partial charge on any atom is -0.372 e. The smallest absolute Gasteiger partial charge is 0.328 e. The summed E-state index contributed by atoms with van der Waals surface area (Å²) in [6.45, 7) is 12.1. The number of imide groups is 1. The van der Waals surface area contributed by atoms with E-state index in [0.29, 0.717) is 18.9 Å². The zero-order valence-electron chi connectivity index (χ0n) is 29.4. The molecular formula is C40H45N9O2. The number of nitrogens with one attached hydrogen (secondary N) is 2. The van der Waals surface area contributed by atoms with Crippen LogP contribution in [-0.2, 0) is 11.2 Å². The molecule has 5 aromatic rings. The molecule has 51 heavy (non-hydrogen) atoms. The molecule has 6 heterocycles. The Bertz CT molecular complexity index is 2030. The number of rotatable bonds is 8. The number of amides is 3. The normalized spacial score (nSPS) is 17.7. The summed E-state index contributed by atoms with van der Waals surface area (Å²) in [7, 11) is 0. The number of nitrogens with zero attached hydrogens (tertiary/aromatic N) is 7. The maximum Gasteiger partial charge on any atom is 0.328 e. The number of urea groups is 1. The maximum absolute atomic E-state index is 12.2. The van der Waals surface area contributed by atoms with Gasteiger partial charge in [0.15, 0.2) is 0 Å². The minimum absolute atomic E-state index is 0.211. The summed E-state index contributed by atoms with van der Waals surface area (Å²) in [5.74, 6) is 0.487. The van der Waals surface area contributed by atoms with Crippen molar-refractivity contribution in [1.29, 1.82) is 0 Å². The van der Waals surface area contributed by atoms with E-state index in [9.17, 15) is 9.59 Å². The molecule has 0 aliphatic carbocycles. The summed E-state index contributed by atoms with van der Waals surface area (Å²) in [5.41, 5.74) is 10.5. The predicted molar refractivity (Wildman–Crippen MR) is 202 cm³/mol. The number of carbonyl (C=O) groups excluding carboxylic acids is 2. The van der Waals surface area contributed by atoms with Crippen LogP contribution in [0.15, 0.2) is 73.2 Å². The molecule has 2 N–H and O–H groups in total. The second-order valence-corrected chi connectivity index (χ2v) is 14.1. The number of carbonyl (C=O) groups is 2. The van der Waals surface area contributed by atoms with Crippen LogP contribution in [0.4, 0.5) is 21.9 Å². The molecule has 0 bridgehead atoms. The van der Waals surface area contributed by atoms with Crippen LogP contribution >= 0.6 is 0 Å². The average Bonchev–Trinajstić information content (AvgIpc) is 3.61. The summed E-state index contributed by atoms with van der Waals surface area (Å²) in [6.07, 6.45) is 7.34. The summed E-state index contributed by atoms with van der Waals surface area (Å²) < 4.78 is 0. The number of pyridine rings is 1. The van der Waals surface area contributed by atoms with E-state index >= 15 is 0 Å². The van der Waals surface area contributed by atoms with E-state index in [4.69, 9.17) is 4.98 Å². The van der Waals surface area contributed by atoms with Gasteiger partial charge in [-0.05, 0) is 91.8 Å². The van der Waals surface area contributed by atoms with Crippen molar-refractivity contribution >= 4 is 40.0 Å². The van der Waals surface area contributed by atoms with Gasteiger partial charge in [-0.15, -0.1) is 0 Å². The molecule has 8 rings (SSSR count). The Balaban J connectivity index is 0.827. The summed E-state index contributed by atoms with van der Waals surface area (Å²) in [6, 6.07) is 20.8. The van der Waals surface area contributed by atoms with E-state index in [2.05, 4.69) is 97.3 Å². The van der Waals surface area contributed by atoms with Crippen molar-refractivity contribution in [1.82, 2.24) is 30.2 Å². The van der Waals surface area contributed by atoms with E-state index < -0.39 is 0 Å². The number of anilines is 3. The standard InChI is InChI=1S/C40H45N9O2/c1-3-29-4-5-30(22-27(29)2)38-34-23-36(44-39(34)43-26-42-38)35-11-10-33(24-41-35)48-20-18-46(19-21-48)25-28-12-15-47(16-13-28)31-6-8-32(9-7-31)49-17-14-37(50)45-40(49)51/h4-11,22-24,26,28H,3,12-21,25H2,1-2H3,(H,42,43,44)(H,45,50,51). The molecule has 262 valence electrons. The van der Waals surface area contributed by atoms with E-state index in [1.807, 2.05) is 18.3 Å². The Morgan fingerprint density at radius 3 is 2.24 bits per heavy atom. The molecule has 0 unspecified atom stereocenters. The number of aromatic amines is 1. The molecule has 3 saturated heterocycles. The lowest BCUT2D eigenvalue weighted by Crippen LogP contribution is -2.49. The van der Waals surface area contributed by atoms with Crippen LogP contribution < -0.4 is 20.0 Å². The van der Waals surface area contributed by atoms with Gasteiger partial charge < -0.3 is 14.8 Å². The predicted octanol–water partition coefficient (Wildman–Crippen LogP) is 6.04. The van der Waals surface area contributed by atoms with Crippen molar-refractivity contribution in [2.45, 2.75) is 39.5 Å². The molecule has 3 aromatic heterocycles. The monoisotopic (exact) mass is 683 g/mol. The molecule has 0 radical (unpaired) electrons. The first kappa shape index (κ1) is 32.9. The van der Waals surface area contributed by atoms with Gasteiger partial charge in [-0.1, -0.05) is 19.1 Å². The second kappa shape index (κ2) is 14.1. The SMILES string of the molecule is CCc1ccc(-c2ncnc3[nH]c(-c4ccc(N5CCN(CC6CCN(c7ccc(N8CCC(=O)NC8=O)cc7)CC6)CC5)cn4)cc23)cc1C. The van der Waals surface area contributed by atoms with E-state index in [0.717, 1.165) is 97.3 Å². The van der Waals surface area contributed by atoms with Gasteiger partial charge in [0.25, 0.3) is 0 Å². The van der Waals surface area contributed by atoms with E-state index in [1.54, 1.807) is 11.2 Å². The summed E-state index contributed by atoms with van der Waals surface area (Å²) in [4.78, 5) is 50.3. The van der Waals surface area contributed by atoms with Gasteiger partial charge in [0.2, 0.25) is 5.91 Å². The Hall–Kier alpha value is -5.29. The third-order valence-electron chi connectivity index (χ3n) is 10.9. The number of hydrogen-bond donors (Lipinski definition) is 2. The number of benzene rings is 2. The van der Waals surface area contributed by atoms with Crippen LogP contribution in [0.25, 0.3) is 33.7 Å². The van der Waals surface area contributed by atoms with Gasteiger partial charge in [-0.25, -0.2) is 14.8 Å². The average molecular weight is 684 g/mol. The molecule has 11 heteroatoms. The van der Waals surface area contributed by atoms with Crippen molar-refractivity contribution in [3.63, 3.8) is 0 Å². The highest BCUT2D eigenvalue weighted by molar-refractivity contribution is 6.05. The van der Waals surface area contributed by atoms with Gasteiger partial charge >= 0.3 is 6.03 Å².